The van der Waals surface area contributed by atoms with E-state index in [4.69, 9.17) is 4.74 Å². The van der Waals surface area contributed by atoms with Gasteiger partial charge in [0.15, 0.2) is 5.78 Å². The van der Waals surface area contributed by atoms with Gasteiger partial charge in [-0.2, -0.15) is 0 Å². The Labute approximate surface area is 291 Å². The second-order valence-electron chi connectivity index (χ2n) is 14.0. The van der Waals surface area contributed by atoms with Crippen molar-refractivity contribution in [1.29, 1.82) is 0 Å². The number of benzene rings is 1. The Balaban J connectivity index is 1.85. The summed E-state index contributed by atoms with van der Waals surface area (Å²) >= 11 is 0. The molecule has 1 amide bonds. The van der Waals surface area contributed by atoms with Crippen LogP contribution in [0.4, 0.5) is 16.2 Å². The summed E-state index contributed by atoms with van der Waals surface area (Å²) in [7, 11) is 0. The van der Waals surface area contributed by atoms with Crippen molar-refractivity contribution in [2.75, 3.05) is 0 Å². The molecule has 14 nitrogen and oxygen atoms in total. The molecule has 4 rings (SSSR count). The van der Waals surface area contributed by atoms with Crippen molar-refractivity contribution in [3.8, 4) is 0 Å². The number of hydrogen-bond acceptors (Lipinski definition) is 10. The number of carbonyl (C=O) groups excluding carboxylic acids is 2. The van der Waals surface area contributed by atoms with Crippen LogP contribution < -0.4 is 5.32 Å². The Morgan fingerprint density at radius 2 is 1.80 bits per heavy atom. The number of imidazole rings is 1. The number of hydrogen-bond donors (Lipinski definition) is 3. The molecule has 1 fully saturated rings. The Bertz CT molecular complexity index is 1630. The van der Waals surface area contributed by atoms with Gasteiger partial charge >= 0.3 is 6.09 Å². The molecule has 14 heteroatoms. The van der Waals surface area contributed by atoms with Crippen LogP contribution in [-0.2, 0) is 28.8 Å². The highest BCUT2D eigenvalue weighted by atomic mass is 16.6. The van der Waals surface area contributed by atoms with Gasteiger partial charge in [0.1, 0.15) is 11.2 Å². The van der Waals surface area contributed by atoms with Crippen LogP contribution in [0.5, 0.6) is 0 Å². The number of aliphatic hydroxyl groups is 1. The second kappa shape index (κ2) is 16.8. The van der Waals surface area contributed by atoms with E-state index in [2.05, 4.69) is 20.3 Å². The van der Waals surface area contributed by atoms with E-state index < -0.39 is 50.3 Å². The lowest BCUT2D eigenvalue weighted by atomic mass is 9.68. The number of aromatic amines is 1. The fourth-order valence-electron chi connectivity index (χ4n) is 6.63. The predicted molar refractivity (Wildman–Crippen MR) is 185 cm³/mol. The first-order chi connectivity index (χ1) is 23.7. The molecule has 2 atom stereocenters. The van der Waals surface area contributed by atoms with Gasteiger partial charge in [0, 0.05) is 36.1 Å². The van der Waals surface area contributed by atoms with Crippen LogP contribution in [0.1, 0.15) is 102 Å². The number of aromatic nitrogens is 3. The summed E-state index contributed by atoms with van der Waals surface area (Å²) in [5.41, 5.74) is -2.06. The highest BCUT2D eigenvalue weighted by molar-refractivity contribution is 5.97. The number of H-pyrrole nitrogens is 1. The molecule has 2 aromatic heterocycles. The minimum absolute atomic E-state index is 0.00351. The number of amides is 1. The van der Waals surface area contributed by atoms with Gasteiger partial charge in [-0.15, -0.1) is 0 Å². The monoisotopic (exact) mass is 691 g/mol. The van der Waals surface area contributed by atoms with Gasteiger partial charge in [-0.05, 0) is 82.6 Å². The highest BCUT2D eigenvalue weighted by Gasteiger charge is 2.50. The molecular weight excluding hydrogens is 644 g/mol. The van der Waals surface area contributed by atoms with Crippen LogP contribution in [0.3, 0.4) is 0 Å². The fourth-order valence-corrected chi connectivity index (χ4v) is 6.63. The van der Waals surface area contributed by atoms with Crippen molar-refractivity contribution in [3.63, 3.8) is 0 Å². The van der Waals surface area contributed by atoms with E-state index >= 15 is 0 Å². The number of carbonyl (C=O) groups is 2. The molecule has 0 spiro atoms. The number of nitro benzene ring substituents is 2. The van der Waals surface area contributed by atoms with Crippen molar-refractivity contribution >= 4 is 23.3 Å². The molecule has 0 aliphatic heterocycles. The summed E-state index contributed by atoms with van der Waals surface area (Å²) in [4.78, 5) is 62.2. The van der Waals surface area contributed by atoms with Gasteiger partial charge in [-0.1, -0.05) is 39.0 Å². The van der Waals surface area contributed by atoms with Crippen LogP contribution in [0.25, 0.3) is 0 Å². The molecule has 1 aromatic carbocycles. The lowest BCUT2D eigenvalue weighted by Crippen LogP contribution is -2.56. The smallest absolute Gasteiger partial charge is 0.408 e. The number of aryl methyl sites for hydroxylation is 2. The zero-order valence-corrected chi connectivity index (χ0v) is 29.1. The maximum Gasteiger partial charge on any atom is 0.408 e. The number of nitrogens with one attached hydrogen (secondary N) is 2. The van der Waals surface area contributed by atoms with Gasteiger partial charge < -0.3 is 20.1 Å². The number of pyridine rings is 1. The first kappa shape index (κ1) is 38.1. The maximum absolute atomic E-state index is 15.0. The summed E-state index contributed by atoms with van der Waals surface area (Å²) in [6, 6.07) is 5.75. The second-order valence-corrected chi connectivity index (χ2v) is 14.0. The number of non-ortho nitro benzene ring substituents is 1. The summed E-state index contributed by atoms with van der Waals surface area (Å²) in [5, 5.41) is 39.7. The Hall–Kier alpha value is -4.72. The minimum Gasteiger partial charge on any atom is -0.444 e. The van der Waals surface area contributed by atoms with Crippen molar-refractivity contribution in [1.82, 2.24) is 20.3 Å². The van der Waals surface area contributed by atoms with Gasteiger partial charge in [-0.3, -0.25) is 30.0 Å². The van der Waals surface area contributed by atoms with Gasteiger partial charge in [-0.25, -0.2) is 9.78 Å². The molecule has 1 unspecified atom stereocenters. The van der Waals surface area contributed by atoms with Gasteiger partial charge in [0.05, 0.1) is 39.9 Å². The van der Waals surface area contributed by atoms with Crippen LogP contribution in [-0.4, -0.2) is 59.0 Å². The molecule has 50 heavy (non-hydrogen) atoms. The predicted octanol–water partition coefficient (Wildman–Crippen LogP) is 6.54. The molecule has 269 valence electrons. The number of nitro groups is 2. The lowest BCUT2D eigenvalue weighted by Gasteiger charge is -2.39. The summed E-state index contributed by atoms with van der Waals surface area (Å²) in [6.07, 6.45) is 9.68. The topological polar surface area (TPSA) is 203 Å². The number of Topliss-reactive ketones (excluding diaryl/α,β-unsaturated/α-hetero) is 1. The molecule has 1 aliphatic carbocycles. The minimum atomic E-state index is -2.32. The molecule has 1 saturated carbocycles. The maximum atomic E-state index is 15.0. The third-order valence-corrected chi connectivity index (χ3v) is 9.06. The average Bonchev–Trinajstić information content (AvgIpc) is 3.59. The molecule has 0 saturated heterocycles. The van der Waals surface area contributed by atoms with E-state index in [0.29, 0.717) is 18.5 Å². The Kier molecular flexibility index (Phi) is 12.8. The van der Waals surface area contributed by atoms with E-state index in [1.165, 1.54) is 12.4 Å². The molecule has 2 heterocycles. The molecule has 0 bridgehead atoms. The Morgan fingerprint density at radius 3 is 2.42 bits per heavy atom. The van der Waals surface area contributed by atoms with Crippen LogP contribution >= 0.6 is 0 Å². The lowest BCUT2D eigenvalue weighted by molar-refractivity contribution is -0.394. The zero-order valence-electron chi connectivity index (χ0n) is 29.1. The molecule has 1 radical (unpaired) electrons. The normalized spacial score (nSPS) is 15.6. The number of ether oxygens (including phenoxy) is 1. The summed E-state index contributed by atoms with van der Waals surface area (Å²) < 4.78 is 5.49. The number of nitrogens with zero attached hydrogens (tertiary/aromatic N) is 4. The number of alkyl carbamates (subject to hydrolysis) is 1. The van der Waals surface area contributed by atoms with Crippen molar-refractivity contribution < 1.29 is 29.3 Å². The Morgan fingerprint density at radius 1 is 1.06 bits per heavy atom. The first-order valence-corrected chi connectivity index (χ1v) is 17.2. The van der Waals surface area contributed by atoms with Crippen LogP contribution in [0.15, 0.2) is 49.1 Å². The molecule has 3 aromatic rings. The third kappa shape index (κ3) is 10.2. The van der Waals surface area contributed by atoms with Crippen molar-refractivity contribution in [2.45, 2.75) is 116 Å². The first-order valence-electron chi connectivity index (χ1n) is 17.2. The van der Waals surface area contributed by atoms with Crippen molar-refractivity contribution in [3.05, 3.63) is 97.7 Å². The summed E-state index contributed by atoms with van der Waals surface area (Å²) in [5.74, 6) is -0.671. The van der Waals surface area contributed by atoms with E-state index in [1.54, 1.807) is 33.2 Å². The molecular formula is C36H47N6O8. The SMILES string of the molecule is CCc1cc(CCC[C@](O)([C](CC2CCCCC2)c2ccc([N+](=O)[O-])cc2[N+](=O)[O-])C(=O)C(Cc2c[nH]cn2)NC(=O)OC(C)(C)C)ccn1. The van der Waals surface area contributed by atoms with Gasteiger partial charge in [0.2, 0.25) is 0 Å². The zero-order chi connectivity index (χ0) is 36.5. The number of ketones is 1. The van der Waals surface area contributed by atoms with Gasteiger partial charge in [0.25, 0.3) is 11.4 Å². The largest absolute Gasteiger partial charge is 0.444 e. The standard InChI is InChI=1S/C36H47N6O8/c1-5-26-18-25(15-17-38-26)12-9-16-36(45,33(43)31(20-27-22-37-23-39-27)40-34(44)50-35(2,3)4)30(19-24-10-7-6-8-11-24)29-14-13-28(41(46)47)21-32(29)42(48)49/h13-15,17-18,21-24,31,45H,5-12,16,19-20H2,1-4H3,(H,37,39)(H,40,44)/t31?,36-/m0/s1. The molecule has 3 N–H and O–H groups in total. The highest BCUT2D eigenvalue weighted by Crippen LogP contribution is 2.45. The fraction of sp³-hybridized carbons (Fsp3) is 0.528. The van der Waals surface area contributed by atoms with Crippen molar-refractivity contribution in [2.24, 2.45) is 5.92 Å². The quantitative estimate of drug-likeness (QED) is 0.109. The van der Waals surface area contributed by atoms with E-state index in [-0.39, 0.29) is 36.7 Å². The van der Waals surface area contributed by atoms with Crippen LogP contribution in [0, 0.1) is 32.1 Å². The van der Waals surface area contributed by atoms with Crippen LogP contribution in [0.2, 0.25) is 0 Å². The van der Waals surface area contributed by atoms with E-state index in [1.807, 2.05) is 19.1 Å². The third-order valence-electron chi connectivity index (χ3n) is 9.06. The number of rotatable bonds is 16. The van der Waals surface area contributed by atoms with E-state index in [0.717, 1.165) is 61.9 Å². The summed E-state index contributed by atoms with van der Waals surface area (Å²) in [6.45, 7) is 7.03. The average molecular weight is 692 g/mol. The molecule has 1 aliphatic rings. The van der Waals surface area contributed by atoms with E-state index in [9.17, 15) is 34.9 Å².